The molecule has 1 aromatic carbocycles. The standard InChI is InChI=1S/C11H10Cl2O2/c1-3-7-4-5-8(10(12)14)6(2)9(7)11(13)15/h4-5H,3H2,1-2H3. The van der Waals surface area contributed by atoms with Crippen LogP contribution < -0.4 is 0 Å². The van der Waals surface area contributed by atoms with E-state index in [2.05, 4.69) is 0 Å². The minimum absolute atomic E-state index is 0.331. The summed E-state index contributed by atoms with van der Waals surface area (Å²) in [6.45, 7) is 3.59. The van der Waals surface area contributed by atoms with Crippen LogP contribution in [0.3, 0.4) is 0 Å². The van der Waals surface area contributed by atoms with Crippen LogP contribution in [-0.4, -0.2) is 10.5 Å². The topological polar surface area (TPSA) is 34.1 Å². The van der Waals surface area contributed by atoms with Gasteiger partial charge in [0, 0.05) is 11.1 Å². The largest absolute Gasteiger partial charge is 0.276 e. The van der Waals surface area contributed by atoms with Crippen molar-refractivity contribution in [3.05, 3.63) is 34.4 Å². The van der Waals surface area contributed by atoms with Gasteiger partial charge in [0.1, 0.15) is 0 Å². The summed E-state index contributed by atoms with van der Waals surface area (Å²) in [5.41, 5.74) is 2.10. The van der Waals surface area contributed by atoms with Crippen LogP contribution >= 0.6 is 23.2 Å². The molecular formula is C11H10Cl2O2. The molecule has 15 heavy (non-hydrogen) atoms. The summed E-state index contributed by atoms with van der Waals surface area (Å²) < 4.78 is 0. The highest BCUT2D eigenvalue weighted by atomic mass is 35.5. The van der Waals surface area contributed by atoms with Crippen molar-refractivity contribution in [2.45, 2.75) is 20.3 Å². The summed E-state index contributed by atoms with van der Waals surface area (Å²) in [5.74, 6) is 0. The van der Waals surface area contributed by atoms with Gasteiger partial charge in [0.2, 0.25) is 0 Å². The van der Waals surface area contributed by atoms with Gasteiger partial charge in [0.15, 0.2) is 0 Å². The van der Waals surface area contributed by atoms with Gasteiger partial charge in [-0.3, -0.25) is 9.59 Å². The highest BCUT2D eigenvalue weighted by Gasteiger charge is 2.16. The Morgan fingerprint density at radius 3 is 2.20 bits per heavy atom. The number of carbonyl (C=O) groups excluding carboxylic acids is 2. The van der Waals surface area contributed by atoms with Gasteiger partial charge in [-0.2, -0.15) is 0 Å². The predicted molar refractivity (Wildman–Crippen MR) is 60.9 cm³/mol. The van der Waals surface area contributed by atoms with E-state index in [4.69, 9.17) is 23.2 Å². The Bertz CT molecular complexity index is 425. The Morgan fingerprint density at radius 1 is 1.20 bits per heavy atom. The van der Waals surface area contributed by atoms with Crippen LogP contribution in [-0.2, 0) is 6.42 Å². The molecule has 0 radical (unpaired) electrons. The van der Waals surface area contributed by atoms with E-state index in [-0.39, 0.29) is 0 Å². The molecule has 0 heterocycles. The molecule has 0 aliphatic rings. The molecule has 0 amide bonds. The lowest BCUT2D eigenvalue weighted by Gasteiger charge is -2.09. The first kappa shape index (κ1) is 12.2. The van der Waals surface area contributed by atoms with E-state index in [0.717, 1.165) is 5.56 Å². The average Bonchev–Trinajstić information content (AvgIpc) is 2.15. The fraction of sp³-hybridized carbons (Fsp3) is 0.273. The maximum Gasteiger partial charge on any atom is 0.252 e. The summed E-state index contributed by atoms with van der Waals surface area (Å²) in [6.07, 6.45) is 0.686. The minimum atomic E-state index is -0.575. The fourth-order valence-corrected chi connectivity index (χ4v) is 2.02. The zero-order valence-electron chi connectivity index (χ0n) is 8.43. The molecule has 0 N–H and O–H groups in total. The molecule has 0 spiro atoms. The maximum atomic E-state index is 11.2. The number of aryl methyl sites for hydroxylation is 1. The summed E-state index contributed by atoms with van der Waals surface area (Å²) in [7, 11) is 0. The lowest BCUT2D eigenvalue weighted by Crippen LogP contribution is -2.05. The second-order valence-electron chi connectivity index (χ2n) is 3.17. The lowest BCUT2D eigenvalue weighted by atomic mass is 9.97. The summed E-state index contributed by atoms with van der Waals surface area (Å²) in [6, 6.07) is 3.32. The zero-order valence-corrected chi connectivity index (χ0v) is 9.95. The highest BCUT2D eigenvalue weighted by molar-refractivity contribution is 6.69. The Morgan fingerprint density at radius 2 is 1.80 bits per heavy atom. The average molecular weight is 245 g/mol. The molecule has 1 rings (SSSR count). The van der Waals surface area contributed by atoms with Crippen LogP contribution in [0.2, 0.25) is 0 Å². The third kappa shape index (κ3) is 2.39. The van der Waals surface area contributed by atoms with Crippen LogP contribution in [0.1, 0.15) is 38.8 Å². The number of hydrogen-bond donors (Lipinski definition) is 0. The van der Waals surface area contributed by atoms with Gasteiger partial charge in [0.25, 0.3) is 10.5 Å². The molecule has 0 aliphatic heterocycles. The SMILES string of the molecule is CCc1ccc(C(=O)Cl)c(C)c1C(=O)Cl. The molecule has 80 valence electrons. The number of hydrogen-bond acceptors (Lipinski definition) is 2. The van der Waals surface area contributed by atoms with E-state index in [1.54, 1.807) is 19.1 Å². The molecule has 0 saturated heterocycles. The molecule has 0 bridgehead atoms. The summed E-state index contributed by atoms with van der Waals surface area (Å²) >= 11 is 10.9. The van der Waals surface area contributed by atoms with Gasteiger partial charge in [-0.1, -0.05) is 13.0 Å². The van der Waals surface area contributed by atoms with Crippen LogP contribution in [0.25, 0.3) is 0 Å². The first-order valence-corrected chi connectivity index (χ1v) is 5.26. The van der Waals surface area contributed by atoms with Gasteiger partial charge < -0.3 is 0 Å². The number of rotatable bonds is 3. The second kappa shape index (κ2) is 4.77. The van der Waals surface area contributed by atoms with Crippen LogP contribution in [0.4, 0.5) is 0 Å². The Kier molecular flexibility index (Phi) is 3.89. The van der Waals surface area contributed by atoms with Gasteiger partial charge in [0.05, 0.1) is 0 Å². The van der Waals surface area contributed by atoms with Crippen LogP contribution in [0.5, 0.6) is 0 Å². The molecule has 1 aromatic rings. The van der Waals surface area contributed by atoms with Gasteiger partial charge in [-0.25, -0.2) is 0 Å². The van der Waals surface area contributed by atoms with Crippen molar-refractivity contribution in [2.75, 3.05) is 0 Å². The fourth-order valence-electron chi connectivity index (χ4n) is 1.55. The van der Waals surface area contributed by atoms with E-state index in [9.17, 15) is 9.59 Å². The van der Waals surface area contributed by atoms with Crippen molar-refractivity contribution < 1.29 is 9.59 Å². The van der Waals surface area contributed by atoms with Gasteiger partial charge in [-0.05, 0) is 53.7 Å². The monoisotopic (exact) mass is 244 g/mol. The molecular weight excluding hydrogens is 235 g/mol. The molecule has 0 fully saturated rings. The first-order valence-electron chi connectivity index (χ1n) is 4.51. The Balaban J connectivity index is 3.49. The lowest BCUT2D eigenvalue weighted by molar-refractivity contribution is 0.107. The highest BCUT2D eigenvalue weighted by Crippen LogP contribution is 2.22. The molecule has 0 aliphatic carbocycles. The molecule has 0 unspecified atom stereocenters. The first-order chi connectivity index (χ1) is 6.99. The van der Waals surface area contributed by atoms with Crippen molar-refractivity contribution >= 4 is 33.7 Å². The van der Waals surface area contributed by atoms with Crippen molar-refractivity contribution in [3.63, 3.8) is 0 Å². The van der Waals surface area contributed by atoms with E-state index < -0.39 is 10.5 Å². The smallest absolute Gasteiger partial charge is 0.252 e. The Hall–Kier alpha value is -0.860. The van der Waals surface area contributed by atoms with Gasteiger partial charge in [-0.15, -0.1) is 0 Å². The Labute approximate surface area is 98.2 Å². The normalized spacial score (nSPS) is 10.1. The number of benzene rings is 1. The van der Waals surface area contributed by atoms with Crippen molar-refractivity contribution in [1.29, 1.82) is 0 Å². The van der Waals surface area contributed by atoms with Gasteiger partial charge >= 0.3 is 0 Å². The molecule has 0 aromatic heterocycles. The van der Waals surface area contributed by atoms with Crippen LogP contribution in [0, 0.1) is 6.92 Å². The van der Waals surface area contributed by atoms with E-state index in [0.29, 0.717) is 23.1 Å². The van der Waals surface area contributed by atoms with Crippen LogP contribution in [0.15, 0.2) is 12.1 Å². The molecule has 4 heteroatoms. The zero-order chi connectivity index (χ0) is 11.6. The van der Waals surface area contributed by atoms with E-state index >= 15 is 0 Å². The van der Waals surface area contributed by atoms with E-state index in [1.807, 2.05) is 6.92 Å². The summed E-state index contributed by atoms with van der Waals surface area (Å²) in [5, 5.41) is -1.13. The predicted octanol–water partition coefficient (Wildman–Crippen LogP) is 3.32. The molecule has 0 saturated carbocycles. The molecule has 0 atom stereocenters. The van der Waals surface area contributed by atoms with E-state index in [1.165, 1.54) is 0 Å². The number of carbonyl (C=O) groups is 2. The maximum absolute atomic E-state index is 11.2. The quantitative estimate of drug-likeness (QED) is 0.765. The second-order valence-corrected chi connectivity index (χ2v) is 3.86. The summed E-state index contributed by atoms with van der Waals surface area (Å²) in [4.78, 5) is 22.3. The van der Waals surface area contributed by atoms with Crippen molar-refractivity contribution in [3.8, 4) is 0 Å². The van der Waals surface area contributed by atoms with Crippen molar-refractivity contribution in [2.24, 2.45) is 0 Å². The number of halogens is 2. The third-order valence-electron chi connectivity index (χ3n) is 2.34. The molecule has 2 nitrogen and oxygen atoms in total. The van der Waals surface area contributed by atoms with Crippen molar-refractivity contribution in [1.82, 2.24) is 0 Å². The third-order valence-corrected chi connectivity index (χ3v) is 2.73. The minimum Gasteiger partial charge on any atom is -0.276 e.